The van der Waals surface area contributed by atoms with E-state index in [9.17, 15) is 5.11 Å². The molecule has 0 saturated carbocycles. The fourth-order valence-electron chi connectivity index (χ4n) is 2.35. The second kappa shape index (κ2) is 5.26. The highest BCUT2D eigenvalue weighted by Crippen LogP contribution is 2.39. The Bertz CT molecular complexity index is 358. The van der Waals surface area contributed by atoms with Gasteiger partial charge in [0.15, 0.2) is 0 Å². The van der Waals surface area contributed by atoms with Crippen LogP contribution < -0.4 is 0 Å². The molecule has 0 saturated heterocycles. The summed E-state index contributed by atoms with van der Waals surface area (Å²) in [4.78, 5) is 0. The van der Waals surface area contributed by atoms with Crippen molar-refractivity contribution in [2.75, 3.05) is 0 Å². The first kappa shape index (κ1) is 14.3. The molecule has 17 heavy (non-hydrogen) atoms. The van der Waals surface area contributed by atoms with Crippen molar-refractivity contribution in [2.45, 2.75) is 60.0 Å². The average molecular weight is 238 g/mol. The molecule has 1 heterocycles. The van der Waals surface area contributed by atoms with E-state index >= 15 is 0 Å². The Morgan fingerprint density at radius 1 is 1.41 bits per heavy atom. The molecule has 0 aromatic carbocycles. The molecule has 0 bridgehead atoms. The molecule has 0 amide bonds. The Morgan fingerprint density at radius 2 is 1.94 bits per heavy atom. The zero-order valence-electron chi connectivity index (χ0n) is 12.0. The molecule has 0 radical (unpaired) electrons. The van der Waals surface area contributed by atoms with E-state index in [0.29, 0.717) is 5.92 Å². The summed E-state index contributed by atoms with van der Waals surface area (Å²) in [6.45, 7) is 12.4. The van der Waals surface area contributed by atoms with Gasteiger partial charge in [0.1, 0.15) is 11.5 Å². The maximum atomic E-state index is 10.2. The van der Waals surface area contributed by atoms with Crippen molar-refractivity contribution in [3.05, 3.63) is 23.2 Å². The molecule has 98 valence electrons. The fraction of sp³-hybridized carbons (Fsp3) is 0.733. The zero-order valence-corrected chi connectivity index (χ0v) is 12.0. The van der Waals surface area contributed by atoms with Gasteiger partial charge in [0, 0.05) is 12.0 Å². The van der Waals surface area contributed by atoms with Crippen LogP contribution in [-0.4, -0.2) is 5.11 Å². The Kier molecular flexibility index (Phi) is 4.42. The lowest BCUT2D eigenvalue weighted by atomic mass is 9.79. The lowest BCUT2D eigenvalue weighted by Gasteiger charge is -2.31. The number of hydrogen-bond acceptors (Lipinski definition) is 2. The summed E-state index contributed by atoms with van der Waals surface area (Å²) >= 11 is 0. The van der Waals surface area contributed by atoms with E-state index in [1.165, 1.54) is 0 Å². The number of aliphatic hydroxyl groups is 1. The van der Waals surface area contributed by atoms with Crippen LogP contribution in [0.2, 0.25) is 0 Å². The summed E-state index contributed by atoms with van der Waals surface area (Å²) in [5.41, 5.74) is 0.299. The van der Waals surface area contributed by atoms with Gasteiger partial charge in [-0.1, -0.05) is 27.7 Å². The van der Waals surface area contributed by atoms with Crippen LogP contribution in [-0.2, 0) is 12.0 Å². The first-order chi connectivity index (χ1) is 7.72. The normalized spacial score (nSPS) is 27.4. The van der Waals surface area contributed by atoms with Crippen molar-refractivity contribution in [1.29, 1.82) is 0 Å². The fourth-order valence-corrected chi connectivity index (χ4v) is 2.35. The molecule has 2 nitrogen and oxygen atoms in total. The molecular weight excluding hydrogens is 212 g/mol. The molecule has 1 N–H and O–H groups in total. The van der Waals surface area contributed by atoms with Crippen molar-refractivity contribution >= 4 is 0 Å². The first-order valence-corrected chi connectivity index (χ1v) is 6.54. The predicted octanol–water partition coefficient (Wildman–Crippen LogP) is 4.04. The van der Waals surface area contributed by atoms with Crippen molar-refractivity contribution in [3.8, 4) is 0 Å². The van der Waals surface area contributed by atoms with Crippen molar-refractivity contribution in [3.63, 3.8) is 0 Å². The van der Waals surface area contributed by atoms with Gasteiger partial charge >= 0.3 is 0 Å². The quantitative estimate of drug-likeness (QED) is 0.740. The molecule has 2 heteroatoms. The second-order valence-electron chi connectivity index (χ2n) is 6.21. The van der Waals surface area contributed by atoms with Gasteiger partial charge in [0.2, 0.25) is 0 Å². The minimum atomic E-state index is -0.690. The highest BCUT2D eigenvalue weighted by atomic mass is 16.3. The Labute approximate surface area is 105 Å². The summed E-state index contributed by atoms with van der Waals surface area (Å²) in [7, 11) is 0. The van der Waals surface area contributed by atoms with Crippen molar-refractivity contribution in [1.82, 2.24) is 0 Å². The number of aryl methyl sites for hydroxylation is 1. The topological polar surface area (TPSA) is 33.4 Å². The third kappa shape index (κ3) is 3.88. The van der Waals surface area contributed by atoms with Crippen LogP contribution in [0, 0.1) is 18.8 Å². The number of rotatable bonds is 0. The van der Waals surface area contributed by atoms with Gasteiger partial charge in [-0.25, -0.2) is 0 Å². The van der Waals surface area contributed by atoms with Gasteiger partial charge in [-0.15, -0.1) is 0 Å². The minimum Gasteiger partial charge on any atom is -0.466 e. The monoisotopic (exact) mass is 238 g/mol. The second-order valence-corrected chi connectivity index (χ2v) is 6.21. The molecule has 1 aliphatic rings. The molecule has 0 aliphatic heterocycles. The van der Waals surface area contributed by atoms with Gasteiger partial charge in [-0.3, -0.25) is 0 Å². The molecule has 2 atom stereocenters. The lowest BCUT2D eigenvalue weighted by molar-refractivity contribution is 0.0205. The van der Waals surface area contributed by atoms with Gasteiger partial charge in [-0.2, -0.15) is 0 Å². The largest absolute Gasteiger partial charge is 0.466 e. The summed E-state index contributed by atoms with van der Waals surface area (Å²) in [5, 5.41) is 10.2. The van der Waals surface area contributed by atoms with Crippen LogP contribution in [0.1, 0.15) is 58.1 Å². The van der Waals surface area contributed by atoms with Gasteiger partial charge < -0.3 is 9.52 Å². The van der Waals surface area contributed by atoms with E-state index in [1.54, 1.807) is 0 Å². The van der Waals surface area contributed by atoms with E-state index in [0.717, 1.165) is 35.8 Å². The molecule has 1 aromatic heterocycles. The summed E-state index contributed by atoms with van der Waals surface area (Å²) in [5.74, 6) is 3.22. The summed E-state index contributed by atoms with van der Waals surface area (Å²) < 4.78 is 5.55. The van der Waals surface area contributed by atoms with Gasteiger partial charge in [-0.05, 0) is 38.2 Å². The Hall–Kier alpha value is -0.760. The number of hydrogen-bond donors (Lipinski definition) is 1. The minimum absolute atomic E-state index is 0.507. The van der Waals surface area contributed by atoms with Crippen molar-refractivity contribution in [2.24, 2.45) is 11.8 Å². The number of fused-ring (bicyclic) bond motifs is 1. The maximum absolute atomic E-state index is 10.2. The standard InChI is InChI=1S/C11H16O2.C4H10/c1-7-4-10-9(5-8(2)13-10)11(3,12)6-7;1-4(2)3/h5,7,12H,4,6H2,1-3H3;4H,1-3H3. The Balaban J connectivity index is 0.000000317. The average Bonchev–Trinajstić information content (AvgIpc) is 2.43. The highest BCUT2D eigenvalue weighted by molar-refractivity contribution is 5.30. The maximum Gasteiger partial charge on any atom is 0.110 e. The molecular formula is C15H26O2. The van der Waals surface area contributed by atoms with E-state index in [2.05, 4.69) is 27.7 Å². The first-order valence-electron chi connectivity index (χ1n) is 6.54. The third-order valence-electron chi connectivity index (χ3n) is 2.79. The Morgan fingerprint density at radius 3 is 2.47 bits per heavy atom. The van der Waals surface area contributed by atoms with E-state index < -0.39 is 5.60 Å². The van der Waals surface area contributed by atoms with E-state index in [-0.39, 0.29) is 0 Å². The van der Waals surface area contributed by atoms with Crippen LogP contribution in [0.4, 0.5) is 0 Å². The van der Waals surface area contributed by atoms with Crippen LogP contribution in [0.15, 0.2) is 10.5 Å². The SMILES string of the molecule is CC(C)C.Cc1cc2c(o1)CC(C)CC2(C)O. The third-order valence-corrected chi connectivity index (χ3v) is 2.79. The van der Waals surface area contributed by atoms with E-state index in [1.807, 2.05) is 19.9 Å². The predicted molar refractivity (Wildman–Crippen MR) is 71.0 cm³/mol. The van der Waals surface area contributed by atoms with Crippen LogP contribution in [0.5, 0.6) is 0 Å². The van der Waals surface area contributed by atoms with Gasteiger partial charge in [0.25, 0.3) is 0 Å². The molecule has 0 spiro atoms. The molecule has 0 fully saturated rings. The lowest BCUT2D eigenvalue weighted by Crippen LogP contribution is -2.29. The molecule has 2 rings (SSSR count). The smallest absolute Gasteiger partial charge is 0.110 e. The van der Waals surface area contributed by atoms with E-state index in [4.69, 9.17) is 4.42 Å². The summed E-state index contributed by atoms with van der Waals surface area (Å²) in [6, 6.07) is 1.96. The molecule has 1 aliphatic carbocycles. The van der Waals surface area contributed by atoms with Crippen molar-refractivity contribution < 1.29 is 9.52 Å². The van der Waals surface area contributed by atoms with Crippen LogP contribution >= 0.6 is 0 Å². The highest BCUT2D eigenvalue weighted by Gasteiger charge is 2.35. The zero-order chi connectivity index (χ0) is 13.2. The van der Waals surface area contributed by atoms with Gasteiger partial charge in [0.05, 0.1) is 5.60 Å². The number of furan rings is 1. The van der Waals surface area contributed by atoms with Crippen LogP contribution in [0.3, 0.4) is 0 Å². The van der Waals surface area contributed by atoms with Crippen LogP contribution in [0.25, 0.3) is 0 Å². The molecule has 2 unspecified atom stereocenters. The summed E-state index contributed by atoms with van der Waals surface area (Å²) in [6.07, 6.45) is 1.79. The molecule has 1 aromatic rings.